The van der Waals surface area contributed by atoms with E-state index in [2.05, 4.69) is 43.5 Å². The molecule has 0 aliphatic carbocycles. The van der Waals surface area contributed by atoms with Crippen LogP contribution in [0, 0.1) is 0 Å². The Balaban J connectivity index is 1.35. The third kappa shape index (κ3) is 40.0. The van der Waals surface area contributed by atoms with E-state index in [0.717, 1.165) is 44.9 Å². The van der Waals surface area contributed by atoms with Crippen LogP contribution in [0.25, 0.3) is 0 Å². The highest BCUT2D eigenvalue weighted by Crippen LogP contribution is 2.33. The molecule has 3 aliphatic rings. The minimum atomic E-state index is -1.98. The van der Waals surface area contributed by atoms with Gasteiger partial charge < -0.3 is 89.9 Å². The standard InChI is InChI=1S/C78H145NO18/c1-3-5-7-9-11-13-15-17-19-21-23-24-25-26-27-28-29-30-31-32-33-34-35-36-37-38-40-42-44-46-48-50-52-54-56-66(84)79-61(62(83)55-53-51-49-47-45-43-41-39-22-20-18-16-14-12-10-8-6-4-2)60-92-76-72(90)69(87)74(64(58-81)94-76)97-78-73(91)70(88)75(65(59-82)95-78)96-77-71(89)68(86)67(85)63(57-80)93-77/h22,39,45,47,53,55,61-65,67-78,80-83,85-91H,3-21,23-38,40-44,46,48-52,54,56-60H2,1-2H3,(H,79,84)/b39-22+,47-45+,55-53+. The molecule has 19 nitrogen and oxygen atoms in total. The molecule has 17 unspecified atom stereocenters. The summed E-state index contributed by atoms with van der Waals surface area (Å²) in [5.41, 5.74) is 0. The average molecular weight is 1390 g/mol. The highest BCUT2D eigenvalue weighted by atomic mass is 16.8. The van der Waals surface area contributed by atoms with E-state index in [1.807, 2.05) is 6.08 Å². The summed E-state index contributed by atoms with van der Waals surface area (Å²) in [5, 5.41) is 121. The number of allylic oxidation sites excluding steroid dienone is 5. The predicted molar refractivity (Wildman–Crippen MR) is 383 cm³/mol. The number of aliphatic hydroxyl groups is 11. The molecule has 0 aromatic carbocycles. The lowest BCUT2D eigenvalue weighted by Gasteiger charge is -2.48. The molecule has 3 heterocycles. The van der Waals surface area contributed by atoms with Crippen LogP contribution in [-0.4, -0.2) is 193 Å². The minimum Gasteiger partial charge on any atom is -0.394 e. The smallest absolute Gasteiger partial charge is 0.220 e. The number of nitrogens with one attached hydrogen (secondary N) is 1. The van der Waals surface area contributed by atoms with Gasteiger partial charge in [-0.15, -0.1) is 0 Å². The zero-order valence-electron chi connectivity index (χ0n) is 60.8. The summed E-state index contributed by atoms with van der Waals surface area (Å²) in [4.78, 5) is 13.4. The molecule has 0 bridgehead atoms. The molecule has 3 saturated heterocycles. The highest BCUT2D eigenvalue weighted by molar-refractivity contribution is 5.76. The van der Waals surface area contributed by atoms with Crippen LogP contribution >= 0.6 is 0 Å². The van der Waals surface area contributed by atoms with Crippen LogP contribution in [0.3, 0.4) is 0 Å². The summed E-state index contributed by atoms with van der Waals surface area (Å²) in [6, 6.07) is -0.995. The van der Waals surface area contributed by atoms with Crippen LogP contribution in [-0.2, 0) is 33.2 Å². The first-order valence-electron chi connectivity index (χ1n) is 39.7. The van der Waals surface area contributed by atoms with Crippen molar-refractivity contribution in [2.75, 3.05) is 26.4 Å². The SMILES string of the molecule is CCCCCCCCCC/C=C/CC/C=C/CC/C=C/C(O)C(COC1OC(CO)C(OC2OC(CO)C(OC3OC(CO)C(O)C(O)C3O)C(O)C2O)C(O)C1O)NC(=O)CCCCCCCCCCCCCCCCCCCCCCCCCCCCCCCCCCCC. The molecule has 0 radical (unpaired) electrons. The molecule has 97 heavy (non-hydrogen) atoms. The van der Waals surface area contributed by atoms with Gasteiger partial charge in [-0.3, -0.25) is 4.79 Å². The summed E-state index contributed by atoms with van der Waals surface area (Å²) in [7, 11) is 0. The molecule has 0 spiro atoms. The van der Waals surface area contributed by atoms with Gasteiger partial charge in [-0.2, -0.15) is 0 Å². The van der Waals surface area contributed by atoms with Crippen molar-refractivity contribution in [1.82, 2.24) is 5.32 Å². The van der Waals surface area contributed by atoms with Crippen molar-refractivity contribution < 1.29 is 89.4 Å². The van der Waals surface area contributed by atoms with E-state index in [1.165, 1.54) is 244 Å². The Morgan fingerprint density at radius 1 is 0.361 bits per heavy atom. The zero-order chi connectivity index (χ0) is 70.4. The van der Waals surface area contributed by atoms with Crippen molar-refractivity contribution in [1.29, 1.82) is 0 Å². The summed E-state index contributed by atoms with van der Waals surface area (Å²) < 4.78 is 34.4. The highest BCUT2D eigenvalue weighted by Gasteiger charge is 2.53. The Morgan fingerprint density at radius 2 is 0.660 bits per heavy atom. The van der Waals surface area contributed by atoms with Crippen LogP contribution in [0.2, 0.25) is 0 Å². The fraction of sp³-hybridized carbons (Fsp3) is 0.910. The molecule has 0 saturated carbocycles. The molecule has 3 fully saturated rings. The van der Waals surface area contributed by atoms with Crippen molar-refractivity contribution in [2.45, 2.75) is 426 Å². The number of carbonyl (C=O) groups excluding carboxylic acids is 1. The van der Waals surface area contributed by atoms with Gasteiger partial charge in [0.1, 0.15) is 73.2 Å². The van der Waals surface area contributed by atoms with Gasteiger partial charge in [0.25, 0.3) is 0 Å². The van der Waals surface area contributed by atoms with E-state index in [-0.39, 0.29) is 18.9 Å². The largest absolute Gasteiger partial charge is 0.394 e. The number of hydrogen-bond acceptors (Lipinski definition) is 18. The number of carbonyl (C=O) groups is 1. The van der Waals surface area contributed by atoms with Crippen molar-refractivity contribution in [3.8, 4) is 0 Å². The quantitative estimate of drug-likeness (QED) is 0.0199. The Labute approximate surface area is 587 Å². The van der Waals surface area contributed by atoms with Crippen molar-refractivity contribution in [3.05, 3.63) is 36.5 Å². The lowest BCUT2D eigenvalue weighted by Crippen LogP contribution is -2.66. The van der Waals surface area contributed by atoms with Crippen LogP contribution in [0.5, 0.6) is 0 Å². The topological polar surface area (TPSA) is 307 Å². The summed E-state index contributed by atoms with van der Waals surface area (Å²) >= 11 is 0. The molecule has 0 aromatic rings. The first-order valence-corrected chi connectivity index (χ1v) is 39.7. The Hall–Kier alpha value is -1.99. The fourth-order valence-corrected chi connectivity index (χ4v) is 13.5. The number of unbranched alkanes of at least 4 members (excludes halogenated alkanes) is 43. The van der Waals surface area contributed by atoms with E-state index in [4.69, 9.17) is 28.4 Å². The first-order chi connectivity index (χ1) is 47.3. The number of rotatable bonds is 63. The van der Waals surface area contributed by atoms with E-state index >= 15 is 0 Å². The van der Waals surface area contributed by atoms with Crippen molar-refractivity contribution in [2.24, 2.45) is 0 Å². The second-order valence-corrected chi connectivity index (χ2v) is 28.5. The molecular weight excluding hydrogens is 1240 g/mol. The fourth-order valence-electron chi connectivity index (χ4n) is 13.5. The van der Waals surface area contributed by atoms with Crippen molar-refractivity contribution in [3.63, 3.8) is 0 Å². The van der Waals surface area contributed by atoms with Gasteiger partial charge in [0.2, 0.25) is 5.91 Å². The summed E-state index contributed by atoms with van der Waals surface area (Å²) in [6.07, 6.45) is 45.8. The molecule has 570 valence electrons. The van der Waals surface area contributed by atoms with Crippen LogP contribution < -0.4 is 5.32 Å². The lowest BCUT2D eigenvalue weighted by atomic mass is 9.96. The Morgan fingerprint density at radius 3 is 1.03 bits per heavy atom. The molecule has 19 heteroatoms. The minimum absolute atomic E-state index is 0.236. The van der Waals surface area contributed by atoms with E-state index in [9.17, 15) is 61.0 Å². The third-order valence-electron chi connectivity index (χ3n) is 19.9. The van der Waals surface area contributed by atoms with Crippen LogP contribution in [0.1, 0.15) is 322 Å². The van der Waals surface area contributed by atoms with Crippen LogP contribution in [0.15, 0.2) is 36.5 Å². The van der Waals surface area contributed by atoms with Gasteiger partial charge in [0.15, 0.2) is 18.9 Å². The second-order valence-electron chi connectivity index (χ2n) is 28.5. The Bertz CT molecular complexity index is 1900. The Kier molecular flexibility index (Phi) is 54.6. The van der Waals surface area contributed by atoms with E-state index in [0.29, 0.717) is 12.8 Å². The first kappa shape index (κ1) is 89.2. The maximum atomic E-state index is 13.4. The molecule has 12 N–H and O–H groups in total. The average Bonchev–Trinajstić information content (AvgIpc) is 0.788. The molecule has 1 amide bonds. The zero-order valence-corrected chi connectivity index (χ0v) is 60.8. The van der Waals surface area contributed by atoms with Gasteiger partial charge >= 0.3 is 0 Å². The number of ether oxygens (including phenoxy) is 6. The molecule has 0 aromatic heterocycles. The monoisotopic (exact) mass is 1380 g/mol. The maximum absolute atomic E-state index is 13.4. The van der Waals surface area contributed by atoms with Gasteiger partial charge in [-0.1, -0.05) is 307 Å². The van der Waals surface area contributed by atoms with E-state index in [1.54, 1.807) is 6.08 Å². The molecular formula is C78H145NO18. The lowest BCUT2D eigenvalue weighted by molar-refractivity contribution is -0.379. The molecule has 3 rings (SSSR count). The predicted octanol–water partition coefficient (Wildman–Crippen LogP) is 12.7. The summed E-state index contributed by atoms with van der Waals surface area (Å²) in [6.45, 7) is 1.74. The van der Waals surface area contributed by atoms with Gasteiger partial charge in [-0.25, -0.2) is 0 Å². The number of aliphatic hydroxyl groups excluding tert-OH is 11. The molecule has 17 atom stereocenters. The van der Waals surface area contributed by atoms with Crippen molar-refractivity contribution >= 4 is 5.91 Å². The maximum Gasteiger partial charge on any atom is 0.220 e. The van der Waals surface area contributed by atoms with Gasteiger partial charge in [0, 0.05) is 6.42 Å². The van der Waals surface area contributed by atoms with Crippen LogP contribution in [0.4, 0.5) is 0 Å². The summed E-state index contributed by atoms with van der Waals surface area (Å²) in [5.74, 6) is -0.284. The second kappa shape index (κ2) is 59.4. The molecule has 3 aliphatic heterocycles. The van der Waals surface area contributed by atoms with Gasteiger partial charge in [0.05, 0.1) is 38.6 Å². The van der Waals surface area contributed by atoms with Gasteiger partial charge in [-0.05, 0) is 44.9 Å². The number of hydrogen-bond donors (Lipinski definition) is 12. The van der Waals surface area contributed by atoms with E-state index < -0.39 is 124 Å². The third-order valence-corrected chi connectivity index (χ3v) is 19.9. The normalized spacial score (nSPS) is 27.0. The number of amides is 1.